The second kappa shape index (κ2) is 10.7. The van der Waals surface area contributed by atoms with Crippen molar-refractivity contribution in [3.63, 3.8) is 0 Å². The zero-order valence-corrected chi connectivity index (χ0v) is 18.7. The van der Waals surface area contributed by atoms with E-state index in [1.54, 1.807) is 23.9 Å². The van der Waals surface area contributed by atoms with Gasteiger partial charge in [0.25, 0.3) is 11.8 Å². The number of aromatic nitrogens is 2. The van der Waals surface area contributed by atoms with Crippen molar-refractivity contribution in [2.45, 2.75) is 17.3 Å². The number of aromatic amines is 1. The van der Waals surface area contributed by atoms with Crippen LogP contribution in [0, 0.1) is 0 Å². The molecule has 4 N–H and O–H groups in total. The number of nitrogens with zero attached hydrogens (tertiary/aromatic N) is 1. The number of nitrogens with one attached hydrogen (secondary N) is 3. The van der Waals surface area contributed by atoms with Crippen LogP contribution in [0.3, 0.4) is 0 Å². The number of carbonyl (C=O) groups is 2. The minimum Gasteiger partial charge on any atom is -0.508 e. The smallest absolute Gasteiger partial charge is 0.251 e. The van der Waals surface area contributed by atoms with Crippen molar-refractivity contribution in [1.82, 2.24) is 20.6 Å². The third-order valence-corrected chi connectivity index (χ3v) is 5.94. The fourth-order valence-electron chi connectivity index (χ4n) is 3.25. The van der Waals surface area contributed by atoms with Gasteiger partial charge < -0.3 is 20.7 Å². The molecule has 1 heterocycles. The van der Waals surface area contributed by atoms with Gasteiger partial charge in [-0.25, -0.2) is 4.98 Å². The molecule has 1 aromatic heterocycles. The summed E-state index contributed by atoms with van der Waals surface area (Å²) in [6.45, 7) is 0.871. The summed E-state index contributed by atoms with van der Waals surface area (Å²) in [5.41, 5.74) is 4.07. The summed E-state index contributed by atoms with van der Waals surface area (Å²) >= 11 is 1.62. The van der Waals surface area contributed by atoms with Crippen LogP contribution in [0.5, 0.6) is 5.75 Å². The van der Waals surface area contributed by atoms with Crippen LogP contribution in [0.2, 0.25) is 0 Å². The molecule has 0 aliphatic heterocycles. The summed E-state index contributed by atoms with van der Waals surface area (Å²) in [4.78, 5) is 32.2. The molecule has 33 heavy (non-hydrogen) atoms. The molecule has 0 spiro atoms. The van der Waals surface area contributed by atoms with Crippen LogP contribution < -0.4 is 10.6 Å². The van der Waals surface area contributed by atoms with Crippen molar-refractivity contribution in [3.8, 4) is 5.75 Å². The largest absolute Gasteiger partial charge is 0.508 e. The molecule has 0 radical (unpaired) electrons. The standard InChI is InChI=1S/C25H24N4O3S/c30-20-6-3-5-19(15-20)24(32)27-14-4-13-26-23(31)18-11-9-17(10-12-18)16-33-25-28-21-7-1-2-8-22(21)29-25/h1-3,5-12,15,30H,4,13-14,16H2,(H,26,31)(H,27,32)(H,28,29). The van der Waals surface area contributed by atoms with E-state index in [0.717, 1.165) is 27.5 Å². The molecule has 0 atom stereocenters. The molecule has 0 saturated carbocycles. The number of H-pyrrole nitrogens is 1. The van der Waals surface area contributed by atoms with Gasteiger partial charge in [-0.05, 0) is 54.4 Å². The van der Waals surface area contributed by atoms with Crippen molar-refractivity contribution in [2.24, 2.45) is 0 Å². The van der Waals surface area contributed by atoms with Crippen LogP contribution in [-0.4, -0.2) is 40.0 Å². The summed E-state index contributed by atoms with van der Waals surface area (Å²) in [6.07, 6.45) is 0.600. The lowest BCUT2D eigenvalue weighted by Crippen LogP contribution is -2.29. The average Bonchev–Trinajstić information content (AvgIpc) is 3.26. The fourth-order valence-corrected chi connectivity index (χ4v) is 4.09. The lowest BCUT2D eigenvalue weighted by Gasteiger charge is -2.08. The zero-order chi connectivity index (χ0) is 23.0. The highest BCUT2D eigenvalue weighted by molar-refractivity contribution is 7.98. The highest BCUT2D eigenvalue weighted by Crippen LogP contribution is 2.23. The van der Waals surface area contributed by atoms with Crippen molar-refractivity contribution in [3.05, 3.63) is 89.5 Å². The molecule has 0 bridgehead atoms. The number of amides is 2. The predicted molar refractivity (Wildman–Crippen MR) is 129 cm³/mol. The third-order valence-electron chi connectivity index (χ3n) is 4.99. The van der Waals surface area contributed by atoms with E-state index in [9.17, 15) is 14.7 Å². The van der Waals surface area contributed by atoms with Gasteiger partial charge in [0.1, 0.15) is 5.75 Å². The maximum absolute atomic E-state index is 12.3. The number of thioether (sulfide) groups is 1. The number of aromatic hydroxyl groups is 1. The minimum atomic E-state index is -0.256. The third kappa shape index (κ3) is 6.14. The van der Waals surface area contributed by atoms with Crippen molar-refractivity contribution in [2.75, 3.05) is 13.1 Å². The Kier molecular flexibility index (Phi) is 7.26. The molecule has 4 rings (SSSR count). The van der Waals surface area contributed by atoms with E-state index in [1.165, 1.54) is 12.1 Å². The Bertz CT molecular complexity index is 1220. The molecule has 0 aliphatic rings. The topological polar surface area (TPSA) is 107 Å². The van der Waals surface area contributed by atoms with E-state index in [4.69, 9.17) is 0 Å². The Morgan fingerprint density at radius 3 is 2.33 bits per heavy atom. The van der Waals surface area contributed by atoms with Gasteiger partial charge >= 0.3 is 0 Å². The molecule has 0 saturated heterocycles. The number of carbonyl (C=O) groups excluding carboxylic acids is 2. The van der Waals surface area contributed by atoms with Crippen LogP contribution in [-0.2, 0) is 5.75 Å². The summed E-state index contributed by atoms with van der Waals surface area (Å²) in [6, 6.07) is 21.6. The van der Waals surface area contributed by atoms with Crippen molar-refractivity contribution < 1.29 is 14.7 Å². The van der Waals surface area contributed by atoms with Gasteiger partial charge in [0, 0.05) is 30.0 Å². The van der Waals surface area contributed by atoms with E-state index >= 15 is 0 Å². The van der Waals surface area contributed by atoms with Crippen LogP contribution in [0.1, 0.15) is 32.7 Å². The Morgan fingerprint density at radius 1 is 0.879 bits per heavy atom. The quantitative estimate of drug-likeness (QED) is 0.222. The molecular formula is C25H24N4O3S. The summed E-state index contributed by atoms with van der Waals surface area (Å²) in [5, 5.41) is 15.9. The van der Waals surface area contributed by atoms with Gasteiger partial charge in [0.2, 0.25) is 0 Å². The SMILES string of the molecule is O=C(NCCCNC(=O)c1cccc(O)c1)c1ccc(CSc2nc3ccccc3[nH]2)cc1. The maximum Gasteiger partial charge on any atom is 0.251 e. The molecule has 7 nitrogen and oxygen atoms in total. The van der Waals surface area contributed by atoms with Gasteiger partial charge in [0.15, 0.2) is 5.16 Å². The summed E-state index contributed by atoms with van der Waals surface area (Å²) in [5.74, 6) is 0.397. The van der Waals surface area contributed by atoms with Gasteiger partial charge in [-0.15, -0.1) is 0 Å². The Balaban J connectivity index is 1.18. The van der Waals surface area contributed by atoms with Crippen LogP contribution in [0.15, 0.2) is 78.0 Å². The lowest BCUT2D eigenvalue weighted by atomic mass is 10.1. The van der Waals surface area contributed by atoms with Gasteiger partial charge in [-0.1, -0.05) is 42.1 Å². The first-order chi connectivity index (χ1) is 16.1. The Labute approximate surface area is 195 Å². The Hall–Kier alpha value is -3.78. The molecule has 0 aliphatic carbocycles. The van der Waals surface area contributed by atoms with E-state index < -0.39 is 0 Å². The summed E-state index contributed by atoms with van der Waals surface area (Å²) in [7, 11) is 0. The number of hydrogen-bond donors (Lipinski definition) is 4. The number of hydrogen-bond acceptors (Lipinski definition) is 5. The number of para-hydroxylation sites is 2. The van der Waals surface area contributed by atoms with Crippen LogP contribution in [0.4, 0.5) is 0 Å². The van der Waals surface area contributed by atoms with E-state index in [-0.39, 0.29) is 17.6 Å². The average molecular weight is 461 g/mol. The van der Waals surface area contributed by atoms with Crippen molar-refractivity contribution >= 4 is 34.6 Å². The molecule has 0 fully saturated rings. The maximum atomic E-state index is 12.3. The van der Waals surface area contributed by atoms with Crippen LogP contribution in [0.25, 0.3) is 11.0 Å². The predicted octanol–water partition coefficient (Wildman–Crippen LogP) is 4.11. The van der Waals surface area contributed by atoms with Gasteiger partial charge in [-0.3, -0.25) is 9.59 Å². The minimum absolute atomic E-state index is 0.0500. The van der Waals surface area contributed by atoms with Gasteiger partial charge in [0.05, 0.1) is 11.0 Å². The molecule has 2 amide bonds. The van der Waals surface area contributed by atoms with Crippen LogP contribution >= 0.6 is 11.8 Å². The fraction of sp³-hybridized carbons (Fsp3) is 0.160. The molecule has 8 heteroatoms. The summed E-state index contributed by atoms with van der Waals surface area (Å²) < 4.78 is 0. The van der Waals surface area contributed by atoms with Crippen molar-refractivity contribution in [1.29, 1.82) is 0 Å². The highest BCUT2D eigenvalue weighted by atomic mass is 32.2. The first-order valence-electron chi connectivity index (χ1n) is 10.6. The second-order valence-corrected chi connectivity index (χ2v) is 8.42. The monoisotopic (exact) mass is 460 g/mol. The number of benzene rings is 3. The second-order valence-electron chi connectivity index (χ2n) is 7.46. The molecule has 168 valence electrons. The molecule has 3 aromatic carbocycles. The molecule has 0 unspecified atom stereocenters. The number of phenolic OH excluding ortho intramolecular Hbond substituents is 1. The van der Waals surface area contributed by atoms with E-state index in [2.05, 4.69) is 20.6 Å². The number of phenols is 1. The highest BCUT2D eigenvalue weighted by Gasteiger charge is 2.08. The zero-order valence-electron chi connectivity index (χ0n) is 17.9. The molecule has 4 aromatic rings. The Morgan fingerprint density at radius 2 is 1.61 bits per heavy atom. The lowest BCUT2D eigenvalue weighted by molar-refractivity contribution is 0.0951. The molecular weight excluding hydrogens is 436 g/mol. The van der Waals surface area contributed by atoms with E-state index in [1.807, 2.05) is 48.5 Å². The number of rotatable bonds is 9. The van der Waals surface area contributed by atoms with Gasteiger partial charge in [-0.2, -0.15) is 0 Å². The number of imidazole rings is 1. The number of fused-ring (bicyclic) bond motifs is 1. The first kappa shape index (κ1) is 22.4. The normalized spacial score (nSPS) is 10.8. The van der Waals surface area contributed by atoms with E-state index in [0.29, 0.717) is 30.6 Å². The first-order valence-corrected chi connectivity index (χ1v) is 11.6.